The van der Waals surface area contributed by atoms with Gasteiger partial charge in [-0.3, -0.25) is 9.59 Å². The molecule has 0 fully saturated rings. The molecule has 0 spiro atoms. The number of furan rings is 1. The molecule has 3 aromatic carbocycles. The Labute approximate surface area is 158 Å². The number of amides is 2. The quantitative estimate of drug-likeness (QED) is 0.511. The molecule has 0 unspecified atom stereocenters. The molecule has 28 heavy (non-hydrogen) atoms. The van der Waals surface area contributed by atoms with Crippen LogP contribution in [0.5, 0.6) is 0 Å². The number of hydroxylamine groups is 2. The minimum Gasteiger partial charge on any atom is -0.460 e. The molecule has 0 N–H and O–H groups in total. The topological polar surface area (TPSA) is 76.8 Å². The highest BCUT2D eigenvalue weighted by atomic mass is 16.7. The fourth-order valence-electron chi connectivity index (χ4n) is 3.46. The maximum Gasteiger partial charge on any atom is 0.340 e. The number of fused-ring (bicyclic) bond motifs is 4. The fraction of sp³-hybridized carbons (Fsp3) is 0.0455. The molecule has 136 valence electrons. The molecule has 0 saturated heterocycles. The number of carbonyl (C=O) groups is 3. The summed E-state index contributed by atoms with van der Waals surface area (Å²) in [4.78, 5) is 41.9. The Morgan fingerprint density at radius 1 is 0.857 bits per heavy atom. The smallest absolute Gasteiger partial charge is 0.340 e. The van der Waals surface area contributed by atoms with Crippen molar-refractivity contribution in [3.05, 3.63) is 83.6 Å². The molecular formula is C22H13NO5. The zero-order chi connectivity index (χ0) is 19.3. The second-order valence-electron chi connectivity index (χ2n) is 6.50. The molecule has 2 amide bonds. The highest BCUT2D eigenvalue weighted by molar-refractivity contribution is 6.20. The molecule has 1 aliphatic rings. The van der Waals surface area contributed by atoms with E-state index in [2.05, 4.69) is 0 Å². The van der Waals surface area contributed by atoms with Crippen molar-refractivity contribution in [3.63, 3.8) is 0 Å². The van der Waals surface area contributed by atoms with Gasteiger partial charge in [0.05, 0.1) is 11.1 Å². The number of hydrogen-bond acceptors (Lipinski definition) is 5. The van der Waals surface area contributed by atoms with Crippen LogP contribution in [0.2, 0.25) is 0 Å². The lowest BCUT2D eigenvalue weighted by Gasteiger charge is -2.11. The van der Waals surface area contributed by atoms with Crippen LogP contribution in [0.1, 0.15) is 26.5 Å². The van der Waals surface area contributed by atoms with E-state index in [-0.39, 0.29) is 17.5 Å². The van der Waals surface area contributed by atoms with Gasteiger partial charge in [-0.2, -0.15) is 0 Å². The number of carbonyl (C=O) groups excluding carboxylic acids is 3. The Morgan fingerprint density at radius 3 is 2.29 bits per heavy atom. The van der Waals surface area contributed by atoms with E-state index in [1.807, 2.05) is 36.4 Å². The molecule has 0 atom stereocenters. The largest absolute Gasteiger partial charge is 0.460 e. The van der Waals surface area contributed by atoms with Crippen LogP contribution in [-0.4, -0.2) is 22.8 Å². The summed E-state index contributed by atoms with van der Waals surface area (Å²) in [6.07, 6.45) is -0.198. The minimum absolute atomic E-state index is 0.198. The third-order valence-electron chi connectivity index (χ3n) is 4.75. The summed E-state index contributed by atoms with van der Waals surface area (Å²) in [5.74, 6) is -1.65. The second kappa shape index (κ2) is 6.06. The highest BCUT2D eigenvalue weighted by Crippen LogP contribution is 2.29. The summed E-state index contributed by atoms with van der Waals surface area (Å²) in [6, 6.07) is 19.8. The Balaban J connectivity index is 1.38. The van der Waals surface area contributed by atoms with Crippen LogP contribution in [0.4, 0.5) is 0 Å². The molecule has 0 radical (unpaired) electrons. The van der Waals surface area contributed by atoms with E-state index < -0.39 is 17.8 Å². The van der Waals surface area contributed by atoms with Gasteiger partial charge in [0.15, 0.2) is 0 Å². The van der Waals surface area contributed by atoms with Gasteiger partial charge in [-0.1, -0.05) is 47.5 Å². The first-order chi connectivity index (χ1) is 13.6. The summed E-state index contributed by atoms with van der Waals surface area (Å²) >= 11 is 0. The fourth-order valence-corrected chi connectivity index (χ4v) is 3.46. The van der Waals surface area contributed by atoms with Crippen LogP contribution < -0.4 is 0 Å². The molecule has 0 aliphatic carbocycles. The Bertz CT molecular complexity index is 1250. The molecular weight excluding hydrogens is 358 g/mol. The third kappa shape index (κ3) is 2.46. The van der Waals surface area contributed by atoms with Gasteiger partial charge in [0, 0.05) is 5.39 Å². The number of imide groups is 1. The first kappa shape index (κ1) is 16.3. The van der Waals surface area contributed by atoms with E-state index >= 15 is 0 Å². The maximum atomic E-state index is 12.3. The SMILES string of the molecule is O=C(Cc1cc2c(ccc3ccccc32)o1)ON1C(=O)c2ccccc2C1=O. The van der Waals surface area contributed by atoms with Crippen LogP contribution in [0.15, 0.2) is 71.1 Å². The van der Waals surface area contributed by atoms with Crippen molar-refractivity contribution in [2.45, 2.75) is 6.42 Å². The predicted octanol–water partition coefficient (Wildman–Crippen LogP) is 3.88. The molecule has 1 aliphatic heterocycles. The first-order valence-electron chi connectivity index (χ1n) is 8.70. The normalized spacial score (nSPS) is 13.4. The van der Waals surface area contributed by atoms with Crippen molar-refractivity contribution in [1.29, 1.82) is 0 Å². The van der Waals surface area contributed by atoms with Gasteiger partial charge in [0.2, 0.25) is 0 Å². The summed E-state index contributed by atoms with van der Waals surface area (Å²) < 4.78 is 5.74. The van der Waals surface area contributed by atoms with Gasteiger partial charge in [-0.05, 0) is 35.0 Å². The molecule has 0 saturated carbocycles. The lowest BCUT2D eigenvalue weighted by molar-refractivity contribution is -0.167. The van der Waals surface area contributed by atoms with Gasteiger partial charge in [-0.15, -0.1) is 0 Å². The maximum absolute atomic E-state index is 12.3. The van der Waals surface area contributed by atoms with Crippen LogP contribution in [0, 0.1) is 0 Å². The van der Waals surface area contributed by atoms with Gasteiger partial charge in [0.1, 0.15) is 17.8 Å². The molecule has 6 heteroatoms. The minimum atomic E-state index is -0.752. The van der Waals surface area contributed by atoms with E-state index in [1.165, 1.54) is 12.1 Å². The number of benzene rings is 3. The Hall–Kier alpha value is -3.93. The molecule has 0 bridgehead atoms. The van der Waals surface area contributed by atoms with E-state index in [9.17, 15) is 14.4 Å². The number of hydrogen-bond donors (Lipinski definition) is 0. The monoisotopic (exact) mass is 371 g/mol. The Kier molecular flexibility index (Phi) is 3.52. The van der Waals surface area contributed by atoms with E-state index in [0.717, 1.165) is 16.2 Å². The molecule has 4 aromatic rings. The summed E-state index contributed by atoms with van der Waals surface area (Å²) in [7, 11) is 0. The molecule has 5 rings (SSSR count). The van der Waals surface area contributed by atoms with Crippen molar-refractivity contribution >= 4 is 39.5 Å². The van der Waals surface area contributed by atoms with Crippen LogP contribution in [0.3, 0.4) is 0 Å². The zero-order valence-corrected chi connectivity index (χ0v) is 14.5. The summed E-state index contributed by atoms with van der Waals surface area (Å²) in [6.45, 7) is 0. The first-order valence-corrected chi connectivity index (χ1v) is 8.70. The average Bonchev–Trinajstić information content (AvgIpc) is 3.23. The molecule has 2 heterocycles. The summed E-state index contributed by atoms with van der Waals surface area (Å²) in [5.41, 5.74) is 1.09. The van der Waals surface area contributed by atoms with Crippen molar-refractivity contribution < 1.29 is 23.6 Å². The van der Waals surface area contributed by atoms with Gasteiger partial charge < -0.3 is 9.25 Å². The standard InChI is InChI=1S/C22H13NO5/c24-20(28-23-21(25)16-7-3-4-8-17(16)22(23)26)12-14-11-18-15-6-2-1-5-13(15)9-10-19(18)27-14/h1-11H,12H2. The summed E-state index contributed by atoms with van der Waals surface area (Å²) in [5, 5.41) is 3.48. The van der Waals surface area contributed by atoms with Crippen molar-refractivity contribution in [3.8, 4) is 0 Å². The van der Waals surface area contributed by atoms with E-state index in [1.54, 1.807) is 18.2 Å². The zero-order valence-electron chi connectivity index (χ0n) is 14.5. The van der Waals surface area contributed by atoms with E-state index in [0.29, 0.717) is 16.4 Å². The number of nitrogens with zero attached hydrogens (tertiary/aromatic N) is 1. The lowest BCUT2D eigenvalue weighted by atomic mass is 10.1. The van der Waals surface area contributed by atoms with Crippen molar-refractivity contribution in [2.75, 3.05) is 0 Å². The van der Waals surface area contributed by atoms with Crippen LogP contribution in [0.25, 0.3) is 21.7 Å². The number of rotatable bonds is 3. The molecule has 6 nitrogen and oxygen atoms in total. The van der Waals surface area contributed by atoms with Gasteiger partial charge in [0.25, 0.3) is 11.8 Å². The second-order valence-corrected chi connectivity index (χ2v) is 6.50. The predicted molar refractivity (Wildman–Crippen MR) is 100 cm³/mol. The Morgan fingerprint density at radius 2 is 1.54 bits per heavy atom. The highest BCUT2D eigenvalue weighted by Gasteiger charge is 2.38. The van der Waals surface area contributed by atoms with Gasteiger partial charge >= 0.3 is 5.97 Å². The average molecular weight is 371 g/mol. The lowest BCUT2D eigenvalue weighted by Crippen LogP contribution is -2.33. The van der Waals surface area contributed by atoms with Crippen molar-refractivity contribution in [1.82, 2.24) is 5.06 Å². The van der Waals surface area contributed by atoms with Crippen LogP contribution >= 0.6 is 0 Å². The van der Waals surface area contributed by atoms with Gasteiger partial charge in [-0.25, -0.2) is 4.79 Å². The molecule has 1 aromatic heterocycles. The van der Waals surface area contributed by atoms with Crippen LogP contribution in [-0.2, 0) is 16.1 Å². The van der Waals surface area contributed by atoms with E-state index in [4.69, 9.17) is 9.25 Å². The third-order valence-corrected chi connectivity index (χ3v) is 4.75. The van der Waals surface area contributed by atoms with Crippen molar-refractivity contribution in [2.24, 2.45) is 0 Å².